The molecule has 0 bridgehead atoms. The predicted molar refractivity (Wildman–Crippen MR) is 155 cm³/mol. The maximum Gasteiger partial charge on any atom is 0.230 e. The standard InChI is InChI=1S/C31H27N7O5/c1-18(20-12-13-22(39-3)24(15-20)40-4)36-42-16-25-33-29-28-27(23-11-8-14-41-23)26-19(2)34-38(21-9-6-5-7-10-21)31(26)43-30(28)32-17-37(29)35-25/h5-15,17,27H,16H2,1-4H3/b36-18+/t27-/m0/s1. The molecule has 0 fully saturated rings. The van der Waals surface area contributed by atoms with Crippen molar-refractivity contribution in [2.24, 2.45) is 5.16 Å². The number of hydrogen-bond acceptors (Lipinski definition) is 10. The molecular formula is C31H27N7O5. The van der Waals surface area contributed by atoms with Gasteiger partial charge < -0.3 is 23.5 Å². The van der Waals surface area contributed by atoms with Crippen LogP contribution in [0.5, 0.6) is 23.3 Å². The van der Waals surface area contributed by atoms with E-state index in [-0.39, 0.29) is 12.5 Å². The smallest absolute Gasteiger partial charge is 0.230 e. The number of hydrogen-bond donors (Lipinski definition) is 0. The third-order valence-corrected chi connectivity index (χ3v) is 7.29. The van der Waals surface area contributed by atoms with E-state index in [4.69, 9.17) is 33.5 Å². The molecule has 0 spiro atoms. The van der Waals surface area contributed by atoms with Crippen molar-refractivity contribution < 1.29 is 23.5 Å². The normalized spacial score (nSPS) is 14.2. The summed E-state index contributed by atoms with van der Waals surface area (Å²) in [7, 11) is 3.18. The molecule has 5 heterocycles. The molecule has 216 valence electrons. The minimum Gasteiger partial charge on any atom is -0.493 e. The van der Waals surface area contributed by atoms with Crippen molar-refractivity contribution in [3.05, 3.63) is 107 Å². The number of rotatable bonds is 8. The van der Waals surface area contributed by atoms with Crippen LogP contribution in [0.15, 0.2) is 82.8 Å². The molecule has 6 aromatic rings. The van der Waals surface area contributed by atoms with Crippen molar-refractivity contribution >= 4 is 11.4 Å². The Bertz CT molecular complexity index is 1960. The van der Waals surface area contributed by atoms with Crippen molar-refractivity contribution in [1.29, 1.82) is 0 Å². The highest BCUT2D eigenvalue weighted by atomic mass is 16.6. The molecule has 1 aliphatic rings. The second-order valence-corrected chi connectivity index (χ2v) is 9.88. The first-order valence-corrected chi connectivity index (χ1v) is 13.5. The predicted octanol–water partition coefficient (Wildman–Crippen LogP) is 5.46. The van der Waals surface area contributed by atoms with E-state index in [2.05, 4.69) is 15.2 Å². The molecule has 0 radical (unpaired) electrons. The molecule has 0 unspecified atom stereocenters. The maximum absolute atomic E-state index is 6.42. The first-order valence-electron chi connectivity index (χ1n) is 13.5. The molecule has 0 N–H and O–H groups in total. The molecule has 0 amide bonds. The lowest BCUT2D eigenvalue weighted by molar-refractivity contribution is 0.125. The summed E-state index contributed by atoms with van der Waals surface area (Å²) in [5, 5.41) is 13.7. The summed E-state index contributed by atoms with van der Waals surface area (Å²) in [6.07, 6.45) is 3.22. The zero-order valence-electron chi connectivity index (χ0n) is 23.9. The minimum atomic E-state index is -0.370. The van der Waals surface area contributed by atoms with Gasteiger partial charge in [0, 0.05) is 5.56 Å². The van der Waals surface area contributed by atoms with Gasteiger partial charge in [-0.05, 0) is 56.3 Å². The second-order valence-electron chi connectivity index (χ2n) is 9.88. The van der Waals surface area contributed by atoms with Gasteiger partial charge >= 0.3 is 0 Å². The average molecular weight is 578 g/mol. The van der Waals surface area contributed by atoms with Gasteiger partial charge in [0.15, 0.2) is 29.6 Å². The Morgan fingerprint density at radius 3 is 2.58 bits per heavy atom. The van der Waals surface area contributed by atoms with Crippen LogP contribution in [0.4, 0.5) is 0 Å². The number of para-hydroxylation sites is 1. The highest BCUT2D eigenvalue weighted by Gasteiger charge is 2.39. The Hall–Kier alpha value is -5.65. The number of aryl methyl sites for hydroxylation is 1. The summed E-state index contributed by atoms with van der Waals surface area (Å²) in [5.74, 6) is 3.00. The van der Waals surface area contributed by atoms with Crippen LogP contribution in [-0.2, 0) is 11.4 Å². The van der Waals surface area contributed by atoms with E-state index in [1.54, 1.807) is 36.0 Å². The van der Waals surface area contributed by atoms with E-state index in [0.29, 0.717) is 46.2 Å². The summed E-state index contributed by atoms with van der Waals surface area (Å²) in [4.78, 5) is 15.1. The van der Waals surface area contributed by atoms with Crippen molar-refractivity contribution in [3.63, 3.8) is 0 Å². The third-order valence-electron chi connectivity index (χ3n) is 7.29. The van der Waals surface area contributed by atoms with Gasteiger partial charge in [-0.1, -0.05) is 23.4 Å². The number of ether oxygens (including phenoxy) is 3. The van der Waals surface area contributed by atoms with E-state index in [1.165, 1.54) is 0 Å². The summed E-state index contributed by atoms with van der Waals surface area (Å²) in [6, 6.07) is 19.2. The quantitative estimate of drug-likeness (QED) is 0.171. The zero-order chi connectivity index (χ0) is 29.5. The summed E-state index contributed by atoms with van der Waals surface area (Å²) in [6.45, 7) is 3.85. The fraction of sp³-hybridized carbons (Fsp3) is 0.194. The van der Waals surface area contributed by atoms with Gasteiger partial charge in [0.1, 0.15) is 12.1 Å². The molecule has 4 aromatic heterocycles. The lowest BCUT2D eigenvalue weighted by Gasteiger charge is -2.24. The van der Waals surface area contributed by atoms with Crippen molar-refractivity contribution in [3.8, 4) is 28.9 Å². The highest BCUT2D eigenvalue weighted by Crippen LogP contribution is 2.49. The van der Waals surface area contributed by atoms with E-state index in [0.717, 1.165) is 28.1 Å². The molecule has 1 atom stereocenters. The molecule has 0 saturated heterocycles. The van der Waals surface area contributed by atoms with Crippen LogP contribution in [0, 0.1) is 6.92 Å². The van der Waals surface area contributed by atoms with E-state index in [9.17, 15) is 0 Å². The Labute approximate surface area is 246 Å². The monoisotopic (exact) mass is 577 g/mol. The van der Waals surface area contributed by atoms with Crippen molar-refractivity contribution in [1.82, 2.24) is 29.4 Å². The third kappa shape index (κ3) is 4.53. The number of nitrogens with zero attached hydrogens (tertiary/aromatic N) is 7. The van der Waals surface area contributed by atoms with Gasteiger partial charge in [0.25, 0.3) is 0 Å². The van der Waals surface area contributed by atoms with Gasteiger partial charge in [-0.15, -0.1) is 5.10 Å². The van der Waals surface area contributed by atoms with Gasteiger partial charge in [0.2, 0.25) is 11.8 Å². The SMILES string of the molecule is COc1ccc(/C(C)=N/OCc2nc3c4c(ncn3n2)Oc2c(c(C)nn2-c2ccccc2)[C@@H]4c2ccco2)cc1OC. The van der Waals surface area contributed by atoms with Crippen LogP contribution < -0.4 is 14.2 Å². The lowest BCUT2D eigenvalue weighted by Crippen LogP contribution is -2.15. The van der Waals surface area contributed by atoms with E-state index in [1.807, 2.05) is 74.5 Å². The lowest BCUT2D eigenvalue weighted by atomic mass is 9.88. The number of oxime groups is 1. The molecule has 1 aliphatic heterocycles. The van der Waals surface area contributed by atoms with Gasteiger partial charge in [-0.2, -0.15) is 5.10 Å². The van der Waals surface area contributed by atoms with E-state index < -0.39 is 0 Å². The number of methoxy groups -OCH3 is 2. The summed E-state index contributed by atoms with van der Waals surface area (Å²) >= 11 is 0. The number of fused-ring (bicyclic) bond motifs is 4. The van der Waals surface area contributed by atoms with Crippen molar-refractivity contribution in [2.75, 3.05) is 14.2 Å². The molecule has 0 aliphatic carbocycles. The van der Waals surface area contributed by atoms with E-state index >= 15 is 0 Å². The molecule has 7 rings (SSSR count). The number of furan rings is 1. The maximum atomic E-state index is 6.42. The van der Waals surface area contributed by atoms with Gasteiger partial charge in [-0.3, -0.25) is 0 Å². The topological polar surface area (TPSA) is 123 Å². The summed E-state index contributed by atoms with van der Waals surface area (Å²) in [5.41, 5.74) is 5.34. The van der Waals surface area contributed by atoms with Crippen LogP contribution in [0.2, 0.25) is 0 Å². The average Bonchev–Trinajstić information content (AvgIpc) is 3.79. The first-order chi connectivity index (χ1) is 21.1. The van der Waals surface area contributed by atoms with Gasteiger partial charge in [0.05, 0.1) is 54.6 Å². The Morgan fingerprint density at radius 2 is 1.81 bits per heavy atom. The first kappa shape index (κ1) is 26.3. The fourth-order valence-corrected chi connectivity index (χ4v) is 5.27. The van der Waals surface area contributed by atoms with Gasteiger partial charge in [-0.25, -0.2) is 19.2 Å². The minimum absolute atomic E-state index is 0.0452. The molecule has 12 nitrogen and oxygen atoms in total. The second kappa shape index (κ2) is 10.6. The molecule has 2 aromatic carbocycles. The summed E-state index contributed by atoms with van der Waals surface area (Å²) < 4.78 is 26.5. The Morgan fingerprint density at radius 1 is 0.977 bits per heavy atom. The number of benzene rings is 2. The number of aromatic nitrogens is 6. The molecule has 43 heavy (non-hydrogen) atoms. The molecule has 0 saturated carbocycles. The van der Waals surface area contributed by atoms with Crippen LogP contribution in [0.3, 0.4) is 0 Å². The Balaban J connectivity index is 1.23. The van der Waals surface area contributed by atoms with Crippen LogP contribution in [-0.4, -0.2) is 49.3 Å². The van der Waals surface area contributed by atoms with Crippen LogP contribution in [0.1, 0.15) is 46.8 Å². The Kier molecular flexibility index (Phi) is 6.50. The van der Waals surface area contributed by atoms with Crippen molar-refractivity contribution in [2.45, 2.75) is 26.4 Å². The van der Waals surface area contributed by atoms with Crippen LogP contribution in [0.25, 0.3) is 11.3 Å². The largest absolute Gasteiger partial charge is 0.493 e. The zero-order valence-corrected chi connectivity index (χ0v) is 23.9. The highest BCUT2D eigenvalue weighted by molar-refractivity contribution is 5.98. The molecular weight excluding hydrogens is 550 g/mol. The molecule has 12 heteroatoms. The fourth-order valence-electron chi connectivity index (χ4n) is 5.27. The van der Waals surface area contributed by atoms with Crippen LogP contribution >= 0.6 is 0 Å².